The fourth-order valence-electron chi connectivity index (χ4n) is 7.75. The molecule has 1 fully saturated rings. The van der Waals surface area contributed by atoms with E-state index in [1.165, 1.54) is 7.11 Å². The SMILES string of the molecule is COC(=O)C1CCC(CN2CCc3c(nc(C(=O)Nc4cccc(-c5cccc(Cc6nccc7cc(C=O)cnc67)c5C)c4Cl)n3C)C2)CC1. The van der Waals surface area contributed by atoms with Crippen LogP contribution >= 0.6 is 11.6 Å². The number of esters is 1. The molecule has 51 heavy (non-hydrogen) atoms. The lowest BCUT2D eigenvalue weighted by atomic mass is 9.81. The zero-order chi connectivity index (χ0) is 35.6. The number of hydrogen-bond acceptors (Lipinski definition) is 8. The largest absolute Gasteiger partial charge is 0.469 e. The van der Waals surface area contributed by atoms with Gasteiger partial charge in [0.15, 0.2) is 12.1 Å². The maximum atomic E-state index is 13.7. The van der Waals surface area contributed by atoms with Crippen LogP contribution < -0.4 is 5.32 Å². The number of carbonyl (C=O) groups is 3. The Morgan fingerprint density at radius 2 is 1.84 bits per heavy atom. The summed E-state index contributed by atoms with van der Waals surface area (Å²) in [6.07, 6.45) is 9.27. The van der Waals surface area contributed by atoms with Crippen LogP contribution in [0.15, 0.2) is 60.9 Å². The standard InChI is InChI=1S/C40H41ClN6O4/c1-24-28(19-33-37-29(14-16-42-33)18-26(23-48)20-43-37)6-4-7-30(24)31-8-5-9-32(36(31)41)45-39(49)38-44-34-22-47(17-15-35(34)46(38)2)21-25-10-12-27(13-11-25)40(50)51-3/h4-9,14,16,18,20,23,25,27H,10-13,15,17,19,21-22H2,1-3H3,(H,45,49). The molecule has 262 valence electrons. The quantitative estimate of drug-likeness (QED) is 0.129. The molecule has 0 saturated heterocycles. The molecular weight excluding hydrogens is 664 g/mol. The lowest BCUT2D eigenvalue weighted by Crippen LogP contribution is -2.36. The zero-order valence-corrected chi connectivity index (χ0v) is 29.9. The van der Waals surface area contributed by atoms with Crippen LogP contribution in [0.1, 0.15) is 74.9 Å². The van der Waals surface area contributed by atoms with Crippen LogP contribution in [0.3, 0.4) is 0 Å². The molecule has 1 amide bonds. The number of carbonyl (C=O) groups excluding carboxylic acids is 3. The number of methoxy groups -OCH3 is 1. The highest BCUT2D eigenvalue weighted by Crippen LogP contribution is 2.37. The van der Waals surface area contributed by atoms with Crippen molar-refractivity contribution in [1.82, 2.24) is 24.4 Å². The van der Waals surface area contributed by atoms with Gasteiger partial charge in [0.05, 0.1) is 40.6 Å². The summed E-state index contributed by atoms with van der Waals surface area (Å²) >= 11 is 7.03. The Labute approximate surface area is 302 Å². The van der Waals surface area contributed by atoms with E-state index in [0.29, 0.717) is 41.0 Å². The van der Waals surface area contributed by atoms with E-state index in [1.807, 2.05) is 54.1 Å². The predicted molar refractivity (Wildman–Crippen MR) is 197 cm³/mol. The first-order valence-electron chi connectivity index (χ1n) is 17.5. The van der Waals surface area contributed by atoms with Gasteiger partial charge in [-0.2, -0.15) is 0 Å². The number of nitrogens with one attached hydrogen (secondary N) is 1. The fourth-order valence-corrected chi connectivity index (χ4v) is 8.02. The molecule has 5 aromatic rings. The number of imidazole rings is 1. The third-order valence-electron chi connectivity index (χ3n) is 10.6. The van der Waals surface area contributed by atoms with Gasteiger partial charge in [-0.25, -0.2) is 4.98 Å². The Hall–Kier alpha value is -4.93. The van der Waals surface area contributed by atoms with E-state index in [4.69, 9.17) is 21.3 Å². The molecule has 1 aliphatic carbocycles. The lowest BCUT2D eigenvalue weighted by Gasteiger charge is -2.33. The van der Waals surface area contributed by atoms with Crippen LogP contribution in [0.4, 0.5) is 5.69 Å². The second kappa shape index (κ2) is 14.7. The van der Waals surface area contributed by atoms with Crippen molar-refractivity contribution in [2.75, 3.05) is 25.5 Å². The van der Waals surface area contributed by atoms with Gasteiger partial charge in [-0.1, -0.05) is 41.9 Å². The highest BCUT2D eigenvalue weighted by atomic mass is 35.5. The molecule has 1 saturated carbocycles. The number of fused-ring (bicyclic) bond motifs is 2. The molecule has 1 aliphatic heterocycles. The number of rotatable bonds is 9. The number of amides is 1. The second-order valence-electron chi connectivity index (χ2n) is 13.7. The number of aromatic nitrogens is 4. The molecule has 0 radical (unpaired) electrons. The van der Waals surface area contributed by atoms with Crippen molar-refractivity contribution < 1.29 is 19.1 Å². The summed E-state index contributed by atoms with van der Waals surface area (Å²) in [6.45, 7) is 4.63. The summed E-state index contributed by atoms with van der Waals surface area (Å²) in [5, 5.41) is 4.35. The van der Waals surface area contributed by atoms with Crippen LogP contribution in [0.25, 0.3) is 22.0 Å². The number of pyridine rings is 2. The maximum absolute atomic E-state index is 13.7. The van der Waals surface area contributed by atoms with Crippen molar-refractivity contribution in [2.45, 2.75) is 52.0 Å². The van der Waals surface area contributed by atoms with E-state index >= 15 is 0 Å². The molecule has 0 atom stereocenters. The van der Waals surface area contributed by atoms with Gasteiger partial charge >= 0.3 is 5.97 Å². The number of anilines is 1. The Morgan fingerprint density at radius 1 is 1.06 bits per heavy atom. The van der Waals surface area contributed by atoms with Crippen molar-refractivity contribution in [3.05, 3.63) is 106 Å². The highest BCUT2D eigenvalue weighted by molar-refractivity contribution is 6.36. The Balaban J connectivity index is 1.05. The first-order chi connectivity index (χ1) is 24.7. The van der Waals surface area contributed by atoms with Gasteiger partial charge in [-0.05, 0) is 73.4 Å². The van der Waals surface area contributed by atoms with Gasteiger partial charge in [0.2, 0.25) is 0 Å². The third-order valence-corrected chi connectivity index (χ3v) is 11.0. The number of nitrogens with zero attached hydrogens (tertiary/aromatic N) is 5. The third kappa shape index (κ3) is 7.03. The topological polar surface area (TPSA) is 119 Å². The molecule has 11 heteroatoms. The Kier molecular flexibility index (Phi) is 9.97. The molecule has 0 bridgehead atoms. The average Bonchev–Trinajstić information content (AvgIpc) is 3.48. The minimum absolute atomic E-state index is 0.0240. The second-order valence-corrected chi connectivity index (χ2v) is 14.1. The molecule has 0 spiro atoms. The summed E-state index contributed by atoms with van der Waals surface area (Å²) in [5.41, 5.74) is 8.52. The number of ether oxygens (including phenoxy) is 1. The number of hydrogen-bond donors (Lipinski definition) is 1. The summed E-state index contributed by atoms with van der Waals surface area (Å²) in [5.74, 6) is 0.527. The van der Waals surface area contributed by atoms with Gasteiger partial charge in [0.1, 0.15) is 0 Å². The van der Waals surface area contributed by atoms with Crippen LogP contribution in [-0.4, -0.2) is 62.8 Å². The van der Waals surface area contributed by atoms with Crippen molar-refractivity contribution in [3.63, 3.8) is 0 Å². The van der Waals surface area contributed by atoms with E-state index in [0.717, 1.165) is 102 Å². The van der Waals surface area contributed by atoms with Crippen LogP contribution in [-0.2, 0) is 36.0 Å². The monoisotopic (exact) mass is 704 g/mol. The summed E-state index contributed by atoms with van der Waals surface area (Å²) in [6, 6.07) is 15.4. The van der Waals surface area contributed by atoms with E-state index in [9.17, 15) is 14.4 Å². The molecular formula is C40H41ClN6O4. The molecule has 2 aliphatic rings. The van der Waals surface area contributed by atoms with Crippen molar-refractivity contribution in [2.24, 2.45) is 18.9 Å². The lowest BCUT2D eigenvalue weighted by molar-refractivity contribution is -0.146. The first kappa shape index (κ1) is 34.5. The first-order valence-corrected chi connectivity index (χ1v) is 17.8. The van der Waals surface area contributed by atoms with E-state index in [2.05, 4.69) is 33.2 Å². The summed E-state index contributed by atoms with van der Waals surface area (Å²) < 4.78 is 6.86. The van der Waals surface area contributed by atoms with Crippen molar-refractivity contribution >= 4 is 46.4 Å². The molecule has 4 heterocycles. The van der Waals surface area contributed by atoms with Gasteiger partial charge < -0.3 is 14.6 Å². The van der Waals surface area contributed by atoms with Crippen molar-refractivity contribution in [3.8, 4) is 11.1 Å². The summed E-state index contributed by atoms with van der Waals surface area (Å²) in [7, 11) is 3.37. The number of aldehydes is 1. The molecule has 1 N–H and O–H groups in total. The molecule has 10 nitrogen and oxygen atoms in total. The van der Waals surface area contributed by atoms with Gasteiger partial charge in [0.25, 0.3) is 5.91 Å². The fraction of sp³-hybridized carbons (Fsp3) is 0.350. The maximum Gasteiger partial charge on any atom is 0.308 e. The van der Waals surface area contributed by atoms with Gasteiger partial charge in [-0.15, -0.1) is 0 Å². The number of halogens is 1. The minimum Gasteiger partial charge on any atom is -0.469 e. The van der Waals surface area contributed by atoms with E-state index in [1.54, 1.807) is 12.4 Å². The van der Waals surface area contributed by atoms with Gasteiger partial charge in [0, 0.05) is 74.1 Å². The van der Waals surface area contributed by atoms with Crippen LogP contribution in [0.5, 0.6) is 0 Å². The van der Waals surface area contributed by atoms with E-state index < -0.39 is 0 Å². The van der Waals surface area contributed by atoms with E-state index in [-0.39, 0.29) is 17.8 Å². The van der Waals surface area contributed by atoms with Crippen LogP contribution in [0, 0.1) is 18.8 Å². The molecule has 2 aromatic carbocycles. The Morgan fingerprint density at radius 3 is 2.63 bits per heavy atom. The van der Waals surface area contributed by atoms with Crippen LogP contribution in [0.2, 0.25) is 5.02 Å². The molecule has 7 rings (SSSR count). The van der Waals surface area contributed by atoms with Crippen molar-refractivity contribution in [1.29, 1.82) is 0 Å². The normalized spacial score (nSPS) is 17.6. The average molecular weight is 705 g/mol. The summed E-state index contributed by atoms with van der Waals surface area (Å²) in [4.78, 5) is 53.3. The highest BCUT2D eigenvalue weighted by Gasteiger charge is 2.31. The smallest absolute Gasteiger partial charge is 0.308 e. The zero-order valence-electron chi connectivity index (χ0n) is 29.1. The number of benzene rings is 2. The predicted octanol–water partition coefficient (Wildman–Crippen LogP) is 6.99. The Bertz CT molecular complexity index is 2140. The van der Waals surface area contributed by atoms with Gasteiger partial charge in [-0.3, -0.25) is 29.3 Å². The molecule has 0 unspecified atom stereocenters. The minimum atomic E-state index is -0.309. The molecule has 3 aromatic heterocycles.